The fourth-order valence-corrected chi connectivity index (χ4v) is 1.30. The molecule has 0 bridgehead atoms. The van der Waals surface area contributed by atoms with Gasteiger partial charge in [0, 0.05) is 17.0 Å². The Balaban J connectivity index is 2.43. The van der Waals surface area contributed by atoms with Gasteiger partial charge >= 0.3 is 5.82 Å². The van der Waals surface area contributed by atoms with Gasteiger partial charge < -0.3 is 5.21 Å². The van der Waals surface area contributed by atoms with Gasteiger partial charge in [0.15, 0.2) is 0 Å². The van der Waals surface area contributed by atoms with Crippen LogP contribution in [-0.4, -0.2) is 19.7 Å². The van der Waals surface area contributed by atoms with Crippen LogP contribution in [0, 0.1) is 25.4 Å². The van der Waals surface area contributed by atoms with E-state index in [1.165, 1.54) is 24.3 Å². The fourth-order valence-electron chi connectivity index (χ4n) is 1.30. The van der Waals surface area contributed by atoms with Gasteiger partial charge in [-0.05, 0) is 16.9 Å². The minimum absolute atomic E-state index is 0.0127. The highest BCUT2D eigenvalue weighted by Crippen LogP contribution is 2.14. The second-order valence-electron chi connectivity index (χ2n) is 3.20. The van der Waals surface area contributed by atoms with Crippen LogP contribution in [0.5, 0.6) is 0 Å². The molecule has 0 N–H and O–H groups in total. The highest BCUT2D eigenvalue weighted by atomic mass is 16.6. The van der Waals surface area contributed by atoms with E-state index in [1.807, 2.05) is 0 Å². The van der Waals surface area contributed by atoms with Crippen molar-refractivity contribution >= 4 is 11.5 Å². The molecule has 0 radical (unpaired) electrons. The van der Waals surface area contributed by atoms with Crippen LogP contribution in [-0.2, 0) is 0 Å². The van der Waals surface area contributed by atoms with Gasteiger partial charge in [0.1, 0.15) is 10.6 Å². The zero-order chi connectivity index (χ0) is 13.3. The summed E-state index contributed by atoms with van der Waals surface area (Å²) in [5.74, 6) is -0.728. The van der Waals surface area contributed by atoms with E-state index in [2.05, 4.69) is 5.10 Å². The Labute approximate surface area is 98.5 Å². The standard InChI is InChI=1S/C8H5N5O5/c14-11-8(13(17)18)5-9-10(11)6-1-3-7(4-2-6)12(15)16/h1-5H. The lowest BCUT2D eigenvalue weighted by Crippen LogP contribution is -2.38. The average Bonchev–Trinajstić information content (AvgIpc) is 2.71. The molecule has 2 rings (SSSR count). The zero-order valence-corrected chi connectivity index (χ0v) is 8.66. The van der Waals surface area contributed by atoms with Crippen molar-refractivity contribution in [3.8, 4) is 5.69 Å². The molecule has 0 aliphatic heterocycles. The van der Waals surface area contributed by atoms with Gasteiger partial charge in [0.25, 0.3) is 5.69 Å². The SMILES string of the molecule is O=[N+]([O-])c1ccc(-n2ncc([N+](=O)[O-])[n+]2[O-])cc1. The van der Waals surface area contributed by atoms with Crippen LogP contribution in [0.25, 0.3) is 5.69 Å². The molecule has 0 spiro atoms. The van der Waals surface area contributed by atoms with E-state index in [4.69, 9.17) is 0 Å². The van der Waals surface area contributed by atoms with Crippen molar-refractivity contribution in [2.45, 2.75) is 0 Å². The second-order valence-corrected chi connectivity index (χ2v) is 3.20. The van der Waals surface area contributed by atoms with Crippen LogP contribution < -0.4 is 4.85 Å². The van der Waals surface area contributed by atoms with Crippen molar-refractivity contribution in [1.29, 1.82) is 0 Å². The van der Waals surface area contributed by atoms with E-state index in [-0.39, 0.29) is 16.2 Å². The molecule has 1 heterocycles. The molecule has 2 aromatic rings. The molecule has 18 heavy (non-hydrogen) atoms. The number of hydrogen-bond acceptors (Lipinski definition) is 6. The maximum absolute atomic E-state index is 11.5. The molecule has 0 saturated heterocycles. The van der Waals surface area contributed by atoms with Crippen molar-refractivity contribution in [2.75, 3.05) is 0 Å². The molecule has 92 valence electrons. The lowest BCUT2D eigenvalue weighted by molar-refractivity contribution is -0.727. The van der Waals surface area contributed by atoms with E-state index < -0.39 is 15.7 Å². The van der Waals surface area contributed by atoms with Gasteiger partial charge in [-0.1, -0.05) is 0 Å². The predicted molar refractivity (Wildman–Crippen MR) is 55.8 cm³/mol. The fraction of sp³-hybridized carbons (Fsp3) is 0. The minimum Gasteiger partial charge on any atom is -0.589 e. The summed E-state index contributed by atoms with van der Waals surface area (Å²) < 4.78 is 0. The van der Waals surface area contributed by atoms with Gasteiger partial charge in [-0.3, -0.25) is 20.2 Å². The number of nitro benzene ring substituents is 1. The van der Waals surface area contributed by atoms with Crippen molar-refractivity contribution in [3.05, 3.63) is 55.9 Å². The maximum Gasteiger partial charge on any atom is 0.558 e. The molecule has 10 nitrogen and oxygen atoms in total. The summed E-state index contributed by atoms with van der Waals surface area (Å²) in [5.41, 5.74) is 0.0292. The molecule has 0 saturated carbocycles. The molecule has 1 aromatic heterocycles. The van der Waals surface area contributed by atoms with Crippen LogP contribution in [0.15, 0.2) is 30.5 Å². The number of benzene rings is 1. The van der Waals surface area contributed by atoms with Crippen molar-refractivity contribution < 1.29 is 14.7 Å². The molecule has 0 aliphatic carbocycles. The second kappa shape index (κ2) is 4.08. The topological polar surface area (TPSA) is 131 Å². The van der Waals surface area contributed by atoms with E-state index in [0.717, 1.165) is 11.0 Å². The van der Waals surface area contributed by atoms with Gasteiger partial charge in [-0.15, -0.1) is 5.10 Å². The van der Waals surface area contributed by atoms with Crippen molar-refractivity contribution in [2.24, 2.45) is 0 Å². The first-order valence-electron chi connectivity index (χ1n) is 4.58. The van der Waals surface area contributed by atoms with Gasteiger partial charge in [-0.2, -0.15) is 0 Å². The smallest absolute Gasteiger partial charge is 0.558 e. The van der Waals surface area contributed by atoms with Gasteiger partial charge in [0.05, 0.1) is 4.92 Å². The third-order valence-electron chi connectivity index (χ3n) is 2.13. The Hall–Kier alpha value is -3.04. The summed E-state index contributed by atoms with van der Waals surface area (Å²) in [6, 6.07) is 4.87. The summed E-state index contributed by atoms with van der Waals surface area (Å²) in [4.78, 5) is 20.1. The van der Waals surface area contributed by atoms with E-state index in [1.54, 1.807) is 0 Å². The molecule has 0 atom stereocenters. The van der Waals surface area contributed by atoms with Crippen LogP contribution in [0.1, 0.15) is 0 Å². The Kier molecular flexibility index (Phi) is 2.60. The molecule has 10 heteroatoms. The number of hydrogen-bond donors (Lipinski definition) is 0. The first-order valence-corrected chi connectivity index (χ1v) is 4.58. The molecular formula is C8H5N5O5. The van der Waals surface area contributed by atoms with Crippen LogP contribution in [0.2, 0.25) is 0 Å². The van der Waals surface area contributed by atoms with E-state index in [9.17, 15) is 25.4 Å². The molecule has 0 aliphatic rings. The highest BCUT2D eigenvalue weighted by molar-refractivity contribution is 5.39. The normalized spacial score (nSPS) is 10.2. The Bertz CT molecular complexity index is 619. The molecule has 0 unspecified atom stereocenters. The molecule has 0 fully saturated rings. The third kappa shape index (κ3) is 1.81. The minimum atomic E-state index is -0.873. The first-order chi connectivity index (χ1) is 8.50. The Morgan fingerprint density at radius 1 is 1.11 bits per heavy atom. The molecule has 1 aromatic carbocycles. The largest absolute Gasteiger partial charge is 0.589 e. The Morgan fingerprint density at radius 2 is 1.72 bits per heavy atom. The number of nitro groups is 2. The van der Waals surface area contributed by atoms with Gasteiger partial charge in [0.2, 0.25) is 6.20 Å². The highest BCUT2D eigenvalue weighted by Gasteiger charge is 2.25. The average molecular weight is 251 g/mol. The van der Waals surface area contributed by atoms with E-state index in [0.29, 0.717) is 0 Å². The quantitative estimate of drug-likeness (QED) is 0.334. The summed E-state index contributed by atoms with van der Waals surface area (Å²) in [7, 11) is 0. The number of nitrogens with zero attached hydrogens (tertiary/aromatic N) is 5. The van der Waals surface area contributed by atoms with Gasteiger partial charge in [-0.25, -0.2) is 0 Å². The Morgan fingerprint density at radius 3 is 2.17 bits per heavy atom. The van der Waals surface area contributed by atoms with Crippen LogP contribution in [0.4, 0.5) is 11.5 Å². The van der Waals surface area contributed by atoms with Crippen LogP contribution >= 0.6 is 0 Å². The third-order valence-corrected chi connectivity index (χ3v) is 2.13. The number of non-ortho nitro benzene ring substituents is 1. The predicted octanol–water partition coefficient (Wildman–Crippen LogP) is 0.322. The van der Waals surface area contributed by atoms with Crippen LogP contribution in [0.3, 0.4) is 0 Å². The summed E-state index contributed by atoms with van der Waals surface area (Å²) in [6.07, 6.45) is 0.800. The monoisotopic (exact) mass is 251 g/mol. The zero-order valence-electron chi connectivity index (χ0n) is 8.66. The lowest BCUT2D eigenvalue weighted by atomic mass is 10.3. The molecular weight excluding hydrogens is 246 g/mol. The van der Waals surface area contributed by atoms with E-state index >= 15 is 0 Å². The summed E-state index contributed by atoms with van der Waals surface area (Å²) in [6.45, 7) is 0. The summed E-state index contributed by atoms with van der Waals surface area (Å²) >= 11 is 0. The van der Waals surface area contributed by atoms with Crippen molar-refractivity contribution in [3.63, 3.8) is 0 Å². The molecule has 0 amide bonds. The number of rotatable bonds is 3. The number of aromatic nitrogens is 3. The first kappa shape index (κ1) is 11.4. The lowest BCUT2D eigenvalue weighted by Gasteiger charge is -1.99. The summed E-state index contributed by atoms with van der Waals surface area (Å²) in [5, 5.41) is 35.9. The maximum atomic E-state index is 11.5. The van der Waals surface area contributed by atoms with Crippen molar-refractivity contribution in [1.82, 2.24) is 9.90 Å².